The highest BCUT2D eigenvalue weighted by Gasteiger charge is 2.45. The summed E-state index contributed by atoms with van der Waals surface area (Å²) in [5, 5.41) is 14.9. The third-order valence-corrected chi connectivity index (χ3v) is 8.30. The van der Waals surface area contributed by atoms with Gasteiger partial charge in [-0.05, 0) is 67.9 Å². The number of likely N-dealkylation sites (N-methyl/N-ethyl adjacent to an activating group) is 1. The molecule has 2 N–H and O–H groups in total. The molecule has 3 aliphatic heterocycles. The summed E-state index contributed by atoms with van der Waals surface area (Å²) in [5.41, 5.74) is 2.89. The minimum atomic E-state index is -1.07. The van der Waals surface area contributed by atoms with Crippen LogP contribution < -0.4 is 20.3 Å². The number of amides is 5. The Balaban J connectivity index is 1.38. The average molecular weight is 542 g/mol. The summed E-state index contributed by atoms with van der Waals surface area (Å²) in [4.78, 5) is 65.9. The van der Waals surface area contributed by atoms with Crippen molar-refractivity contribution < 1.29 is 28.7 Å². The van der Waals surface area contributed by atoms with Gasteiger partial charge in [-0.15, -0.1) is 0 Å². The fourth-order valence-electron chi connectivity index (χ4n) is 6.08. The number of nitrogens with one attached hydrogen (secondary N) is 2. The fraction of sp³-hybridized carbons (Fsp3) is 0.379. The number of piperidine rings is 1. The Hall–Kier alpha value is -4.72. The molecule has 0 spiro atoms. The Morgan fingerprint density at radius 3 is 2.50 bits per heavy atom. The second kappa shape index (κ2) is 9.79. The van der Waals surface area contributed by atoms with Crippen molar-refractivity contribution in [2.45, 2.75) is 50.5 Å². The molecule has 5 amide bonds. The lowest BCUT2D eigenvalue weighted by Crippen LogP contribution is -2.54. The summed E-state index contributed by atoms with van der Waals surface area (Å²) >= 11 is 0. The number of carbonyl (C=O) groups is 5. The molecule has 2 fully saturated rings. The maximum Gasteiger partial charge on any atom is 0.264 e. The first-order valence-corrected chi connectivity index (χ1v) is 13.3. The van der Waals surface area contributed by atoms with E-state index in [1.807, 2.05) is 12.1 Å². The molecular formula is C29H27N5O6. The number of ether oxygens (including phenoxy) is 1. The maximum absolute atomic E-state index is 13.6. The highest BCUT2D eigenvalue weighted by molar-refractivity contribution is 6.25. The van der Waals surface area contributed by atoms with Crippen molar-refractivity contribution >= 4 is 46.6 Å². The normalized spacial score (nSPS) is 24.2. The molecule has 204 valence electrons. The maximum atomic E-state index is 13.6. The van der Waals surface area contributed by atoms with Crippen molar-refractivity contribution in [3.05, 3.63) is 47.0 Å². The van der Waals surface area contributed by atoms with Crippen LogP contribution in [0.4, 0.5) is 17.1 Å². The molecule has 40 heavy (non-hydrogen) atoms. The van der Waals surface area contributed by atoms with Gasteiger partial charge in [-0.25, -0.2) is 0 Å². The smallest absolute Gasteiger partial charge is 0.264 e. The van der Waals surface area contributed by atoms with Crippen LogP contribution in [0.1, 0.15) is 70.7 Å². The van der Waals surface area contributed by atoms with E-state index in [1.54, 1.807) is 25.2 Å². The van der Waals surface area contributed by atoms with Gasteiger partial charge in [0.15, 0.2) is 6.61 Å². The molecule has 2 aromatic carbocycles. The van der Waals surface area contributed by atoms with Gasteiger partial charge < -0.3 is 15.0 Å². The predicted octanol–water partition coefficient (Wildman–Crippen LogP) is 2.98. The van der Waals surface area contributed by atoms with E-state index in [9.17, 15) is 29.2 Å². The summed E-state index contributed by atoms with van der Waals surface area (Å²) in [6.07, 6.45) is 3.24. The van der Waals surface area contributed by atoms with E-state index in [2.05, 4.69) is 16.7 Å². The topological polar surface area (TPSA) is 149 Å². The number of imide groups is 2. The quantitative estimate of drug-likeness (QED) is 0.561. The van der Waals surface area contributed by atoms with Gasteiger partial charge in [0.1, 0.15) is 11.8 Å². The second-order valence-corrected chi connectivity index (χ2v) is 10.6. The Morgan fingerprint density at radius 1 is 1.00 bits per heavy atom. The van der Waals surface area contributed by atoms with Gasteiger partial charge in [0, 0.05) is 25.1 Å². The molecule has 0 radical (unpaired) electrons. The molecule has 11 nitrogen and oxygen atoms in total. The summed E-state index contributed by atoms with van der Waals surface area (Å²) in [6, 6.07) is 9.93. The van der Waals surface area contributed by atoms with Crippen LogP contribution in [0.2, 0.25) is 0 Å². The lowest BCUT2D eigenvalue weighted by Gasteiger charge is -2.31. The van der Waals surface area contributed by atoms with Gasteiger partial charge in [-0.2, -0.15) is 5.26 Å². The molecule has 11 heteroatoms. The van der Waals surface area contributed by atoms with Crippen LogP contribution in [0.5, 0.6) is 5.75 Å². The Morgan fingerprint density at radius 2 is 1.77 bits per heavy atom. The van der Waals surface area contributed by atoms with E-state index in [0.717, 1.165) is 36.1 Å². The minimum Gasteiger partial charge on any atom is -0.482 e. The fourth-order valence-corrected chi connectivity index (χ4v) is 6.08. The van der Waals surface area contributed by atoms with Crippen LogP contribution in [0, 0.1) is 17.2 Å². The molecule has 0 aromatic heterocycles. The number of hydrogen-bond acceptors (Lipinski definition) is 8. The Bertz CT molecular complexity index is 1520. The summed E-state index contributed by atoms with van der Waals surface area (Å²) in [6.45, 7) is -0.0597. The second-order valence-electron chi connectivity index (χ2n) is 10.6. The predicted molar refractivity (Wildman–Crippen MR) is 142 cm³/mol. The van der Waals surface area contributed by atoms with Gasteiger partial charge in [-0.3, -0.25) is 34.2 Å². The molecular weight excluding hydrogens is 514 g/mol. The number of hydrogen-bond donors (Lipinski definition) is 2. The van der Waals surface area contributed by atoms with Gasteiger partial charge in [-0.1, -0.05) is 6.07 Å². The molecule has 2 aromatic rings. The van der Waals surface area contributed by atoms with Gasteiger partial charge in [0.2, 0.25) is 11.8 Å². The van der Waals surface area contributed by atoms with E-state index in [1.165, 1.54) is 4.90 Å². The van der Waals surface area contributed by atoms with E-state index in [0.29, 0.717) is 22.8 Å². The first-order chi connectivity index (χ1) is 19.3. The first kappa shape index (κ1) is 25.6. The highest BCUT2D eigenvalue weighted by Crippen LogP contribution is 2.45. The number of anilines is 3. The zero-order valence-corrected chi connectivity index (χ0v) is 21.9. The molecule has 1 atom stereocenters. The number of nitrogens with zero attached hydrogens (tertiary/aromatic N) is 3. The highest BCUT2D eigenvalue weighted by atomic mass is 16.5. The van der Waals surface area contributed by atoms with E-state index in [-0.39, 0.29) is 48.3 Å². The van der Waals surface area contributed by atoms with E-state index >= 15 is 0 Å². The number of fused-ring (bicyclic) bond motifs is 2. The standard InChI is InChI=1S/C29H27N5O6/c1-33-22-12-20(18(11-23(22)40-14-25(33)36)16-7-5-15(13-30)6-8-16)31-19-4-2-3-17-26(19)29(39)34(28(17)38)21-9-10-24(35)32-27(21)37/h2-4,11-12,15-16,21,31H,5-10,14H2,1H3,(H,32,35,37). The SMILES string of the molecule is CN1C(=O)COc2cc(C3CCC(C#N)CC3)c(Nc3cccc4c3C(=O)N(C3CCC(=O)NC3=O)C4=O)cc21. The third kappa shape index (κ3) is 4.16. The zero-order chi connectivity index (χ0) is 28.1. The van der Waals surface area contributed by atoms with Crippen LogP contribution in [-0.4, -0.2) is 54.1 Å². The minimum absolute atomic E-state index is 0.0181. The molecule has 1 aliphatic carbocycles. The molecule has 0 bridgehead atoms. The Labute approximate surface area is 230 Å². The third-order valence-electron chi connectivity index (χ3n) is 8.30. The van der Waals surface area contributed by atoms with Crippen LogP contribution in [0.3, 0.4) is 0 Å². The summed E-state index contributed by atoms with van der Waals surface area (Å²) in [7, 11) is 1.67. The first-order valence-electron chi connectivity index (χ1n) is 13.3. The van der Waals surface area contributed by atoms with Crippen LogP contribution in [0.25, 0.3) is 0 Å². The molecule has 6 rings (SSSR count). The average Bonchev–Trinajstić information content (AvgIpc) is 3.21. The van der Waals surface area contributed by atoms with E-state index in [4.69, 9.17) is 4.74 Å². The number of rotatable bonds is 4. The van der Waals surface area contributed by atoms with Crippen molar-refractivity contribution in [3.63, 3.8) is 0 Å². The lowest BCUT2D eigenvalue weighted by atomic mass is 9.78. The zero-order valence-electron chi connectivity index (χ0n) is 21.9. The monoisotopic (exact) mass is 541 g/mol. The van der Waals surface area contributed by atoms with Crippen LogP contribution in [-0.2, 0) is 14.4 Å². The molecule has 4 aliphatic rings. The molecule has 1 unspecified atom stereocenters. The summed E-state index contributed by atoms with van der Waals surface area (Å²) < 4.78 is 5.75. The van der Waals surface area contributed by atoms with Crippen molar-refractivity contribution in [3.8, 4) is 11.8 Å². The van der Waals surface area contributed by atoms with Crippen molar-refractivity contribution in [1.29, 1.82) is 5.26 Å². The van der Waals surface area contributed by atoms with Crippen LogP contribution >= 0.6 is 0 Å². The lowest BCUT2D eigenvalue weighted by molar-refractivity contribution is -0.136. The van der Waals surface area contributed by atoms with Gasteiger partial charge in [0.05, 0.1) is 28.6 Å². The Kier molecular flexibility index (Phi) is 6.25. The molecule has 1 saturated heterocycles. The largest absolute Gasteiger partial charge is 0.482 e. The summed E-state index contributed by atoms with van der Waals surface area (Å²) in [5.74, 6) is -1.77. The van der Waals surface area contributed by atoms with Gasteiger partial charge in [0.25, 0.3) is 17.7 Å². The van der Waals surface area contributed by atoms with Gasteiger partial charge >= 0.3 is 0 Å². The molecule has 3 heterocycles. The van der Waals surface area contributed by atoms with Crippen molar-refractivity contribution in [2.24, 2.45) is 5.92 Å². The van der Waals surface area contributed by atoms with Crippen molar-refractivity contribution in [2.75, 3.05) is 23.9 Å². The number of carbonyl (C=O) groups excluding carboxylic acids is 5. The van der Waals surface area contributed by atoms with Crippen LogP contribution in [0.15, 0.2) is 30.3 Å². The molecule has 1 saturated carbocycles. The van der Waals surface area contributed by atoms with Crippen molar-refractivity contribution in [1.82, 2.24) is 10.2 Å². The van der Waals surface area contributed by atoms with E-state index < -0.39 is 29.7 Å². The number of benzene rings is 2. The number of nitriles is 1.